The van der Waals surface area contributed by atoms with Gasteiger partial charge in [-0.15, -0.1) is 5.10 Å². The highest BCUT2D eigenvalue weighted by atomic mass is 32.2. The van der Waals surface area contributed by atoms with E-state index in [1.54, 1.807) is 11.8 Å². The van der Waals surface area contributed by atoms with E-state index in [2.05, 4.69) is 41.3 Å². The Morgan fingerprint density at radius 1 is 1.17 bits per heavy atom. The van der Waals surface area contributed by atoms with Gasteiger partial charge in [-0.2, -0.15) is 0 Å². The Hall–Kier alpha value is -2.15. The third-order valence-electron chi connectivity index (χ3n) is 3.33. The van der Waals surface area contributed by atoms with Gasteiger partial charge < -0.3 is 4.42 Å². The zero-order valence-corrected chi connectivity index (χ0v) is 14.5. The van der Waals surface area contributed by atoms with Gasteiger partial charge in [0, 0.05) is 11.3 Å². The van der Waals surface area contributed by atoms with E-state index in [0.717, 1.165) is 22.2 Å². The van der Waals surface area contributed by atoms with Crippen molar-refractivity contribution in [2.24, 2.45) is 0 Å². The highest BCUT2D eigenvalue weighted by molar-refractivity contribution is 7.98. The largest absolute Gasteiger partial charge is 0.441 e. The van der Waals surface area contributed by atoms with Crippen molar-refractivity contribution in [1.82, 2.24) is 25.2 Å². The molecule has 2 aromatic heterocycles. The van der Waals surface area contributed by atoms with Crippen LogP contribution in [-0.4, -0.2) is 25.2 Å². The van der Waals surface area contributed by atoms with E-state index in [9.17, 15) is 0 Å². The van der Waals surface area contributed by atoms with Crippen molar-refractivity contribution in [2.45, 2.75) is 44.1 Å². The maximum absolute atomic E-state index is 5.79. The summed E-state index contributed by atoms with van der Waals surface area (Å²) in [6.07, 6.45) is 0. The number of nitrogens with zero attached hydrogens (tertiary/aromatic N) is 5. The molecule has 0 aliphatic carbocycles. The number of tetrazole rings is 1. The molecule has 0 saturated heterocycles. The van der Waals surface area contributed by atoms with Crippen molar-refractivity contribution in [3.05, 3.63) is 41.8 Å². The van der Waals surface area contributed by atoms with Crippen molar-refractivity contribution in [1.29, 1.82) is 0 Å². The topological polar surface area (TPSA) is 69.6 Å². The van der Waals surface area contributed by atoms with E-state index in [4.69, 9.17) is 4.42 Å². The first kappa shape index (κ1) is 15.7. The number of oxazole rings is 1. The van der Waals surface area contributed by atoms with Crippen molar-refractivity contribution >= 4 is 11.8 Å². The van der Waals surface area contributed by atoms with Gasteiger partial charge in [-0.25, -0.2) is 9.67 Å². The lowest BCUT2D eigenvalue weighted by Crippen LogP contribution is -2.24. The molecule has 0 bridgehead atoms. The van der Waals surface area contributed by atoms with E-state index in [1.807, 2.05) is 41.9 Å². The summed E-state index contributed by atoms with van der Waals surface area (Å²) >= 11 is 1.56. The molecule has 6 nitrogen and oxygen atoms in total. The minimum Gasteiger partial charge on any atom is -0.441 e. The summed E-state index contributed by atoms with van der Waals surface area (Å²) in [6, 6.07) is 9.90. The normalized spacial score (nSPS) is 11.8. The first-order valence-electron chi connectivity index (χ1n) is 7.38. The summed E-state index contributed by atoms with van der Waals surface area (Å²) in [5.74, 6) is 2.14. The zero-order chi connectivity index (χ0) is 16.4. The van der Waals surface area contributed by atoms with Crippen molar-refractivity contribution in [2.75, 3.05) is 0 Å². The molecule has 0 amide bonds. The summed E-state index contributed by atoms with van der Waals surface area (Å²) in [5.41, 5.74) is 1.74. The van der Waals surface area contributed by atoms with Crippen LogP contribution >= 0.6 is 11.8 Å². The molecule has 7 heteroatoms. The lowest BCUT2D eigenvalue weighted by atomic mass is 10.1. The molecule has 0 spiro atoms. The Labute approximate surface area is 139 Å². The molecule has 0 radical (unpaired) electrons. The van der Waals surface area contributed by atoms with Crippen LogP contribution in [0.5, 0.6) is 0 Å². The molecular formula is C16H19N5OS. The van der Waals surface area contributed by atoms with E-state index < -0.39 is 0 Å². The molecule has 1 aromatic carbocycles. The lowest BCUT2D eigenvalue weighted by molar-refractivity contribution is 0.321. The molecule has 120 valence electrons. The van der Waals surface area contributed by atoms with Gasteiger partial charge >= 0.3 is 0 Å². The number of benzene rings is 1. The molecule has 0 fully saturated rings. The number of aromatic nitrogens is 5. The van der Waals surface area contributed by atoms with E-state index in [0.29, 0.717) is 11.6 Å². The van der Waals surface area contributed by atoms with Gasteiger partial charge in [-0.3, -0.25) is 0 Å². The fourth-order valence-electron chi connectivity index (χ4n) is 2.09. The molecule has 3 aromatic rings. The first-order valence-corrected chi connectivity index (χ1v) is 8.37. The Kier molecular flexibility index (Phi) is 4.21. The fraction of sp³-hybridized carbons (Fsp3) is 0.375. The number of hydrogen-bond donors (Lipinski definition) is 0. The molecular weight excluding hydrogens is 310 g/mol. The third kappa shape index (κ3) is 3.44. The monoisotopic (exact) mass is 329 g/mol. The Bertz CT molecular complexity index is 788. The van der Waals surface area contributed by atoms with Crippen molar-refractivity contribution in [3.8, 4) is 11.5 Å². The molecule has 3 rings (SSSR count). The van der Waals surface area contributed by atoms with Gasteiger partial charge in [0.25, 0.3) is 0 Å². The summed E-state index contributed by atoms with van der Waals surface area (Å²) in [5, 5.41) is 12.7. The van der Waals surface area contributed by atoms with Crippen LogP contribution in [0.3, 0.4) is 0 Å². The zero-order valence-electron chi connectivity index (χ0n) is 13.6. The van der Waals surface area contributed by atoms with E-state index in [1.165, 1.54) is 0 Å². The lowest BCUT2D eigenvalue weighted by Gasteiger charge is -2.19. The van der Waals surface area contributed by atoms with Gasteiger partial charge in [0.05, 0.1) is 11.2 Å². The number of hydrogen-bond acceptors (Lipinski definition) is 6. The van der Waals surface area contributed by atoms with Crippen molar-refractivity contribution in [3.63, 3.8) is 0 Å². The smallest absolute Gasteiger partial charge is 0.226 e. The van der Waals surface area contributed by atoms with Gasteiger partial charge in [-0.05, 0) is 50.3 Å². The third-order valence-corrected chi connectivity index (χ3v) is 4.26. The summed E-state index contributed by atoms with van der Waals surface area (Å²) < 4.78 is 7.61. The van der Waals surface area contributed by atoms with Crippen LogP contribution in [0, 0.1) is 6.92 Å². The Morgan fingerprint density at radius 2 is 1.91 bits per heavy atom. The minimum atomic E-state index is -0.153. The van der Waals surface area contributed by atoms with Crippen LogP contribution in [0.1, 0.15) is 32.2 Å². The van der Waals surface area contributed by atoms with Gasteiger partial charge in [-0.1, -0.05) is 30.0 Å². The number of rotatable bonds is 4. The summed E-state index contributed by atoms with van der Waals surface area (Å²) in [7, 11) is 0. The average Bonchev–Trinajstić information content (AvgIpc) is 3.12. The predicted molar refractivity (Wildman–Crippen MR) is 89.1 cm³/mol. The van der Waals surface area contributed by atoms with Crippen LogP contribution in [0.25, 0.3) is 11.5 Å². The second-order valence-corrected chi connectivity index (χ2v) is 7.16. The molecule has 23 heavy (non-hydrogen) atoms. The highest BCUT2D eigenvalue weighted by Gasteiger charge is 2.21. The number of thioether (sulfide) groups is 1. The van der Waals surface area contributed by atoms with Gasteiger partial charge in [0.2, 0.25) is 11.0 Å². The maximum atomic E-state index is 5.79. The minimum absolute atomic E-state index is 0.153. The predicted octanol–water partition coefficient (Wildman–Crippen LogP) is 3.68. The Balaban J connectivity index is 1.77. The van der Waals surface area contributed by atoms with Crippen LogP contribution in [0.15, 0.2) is 39.9 Å². The van der Waals surface area contributed by atoms with Crippen LogP contribution in [0.4, 0.5) is 0 Å². The molecule has 2 heterocycles. The quantitative estimate of drug-likeness (QED) is 0.680. The molecule has 0 atom stereocenters. The second-order valence-electron chi connectivity index (χ2n) is 6.22. The fourth-order valence-corrected chi connectivity index (χ4v) is 3.15. The molecule has 0 saturated carbocycles. The highest BCUT2D eigenvalue weighted by Crippen LogP contribution is 2.28. The molecule has 0 aliphatic rings. The van der Waals surface area contributed by atoms with Gasteiger partial charge in [0.1, 0.15) is 5.76 Å². The number of aryl methyl sites for hydroxylation is 1. The van der Waals surface area contributed by atoms with Gasteiger partial charge in [0.15, 0.2) is 0 Å². The van der Waals surface area contributed by atoms with E-state index in [-0.39, 0.29) is 5.54 Å². The molecule has 0 aliphatic heterocycles. The summed E-state index contributed by atoms with van der Waals surface area (Å²) in [6.45, 7) is 8.15. The standard InChI is InChI=1S/C16H19N5OS/c1-11-13(17-14(22-11)12-8-6-5-7-9-12)10-23-15-18-19-20-21(15)16(2,3)4/h5-9H,10H2,1-4H3. The SMILES string of the molecule is Cc1oc(-c2ccccc2)nc1CSc1nnnn1C(C)(C)C. The second kappa shape index (κ2) is 6.16. The molecule has 0 N–H and O–H groups in total. The van der Waals surface area contributed by atoms with E-state index >= 15 is 0 Å². The Morgan fingerprint density at radius 3 is 2.61 bits per heavy atom. The van der Waals surface area contributed by atoms with Crippen LogP contribution in [-0.2, 0) is 11.3 Å². The summed E-state index contributed by atoms with van der Waals surface area (Å²) in [4.78, 5) is 4.61. The first-order chi connectivity index (χ1) is 10.9. The maximum Gasteiger partial charge on any atom is 0.226 e. The van der Waals surface area contributed by atoms with Crippen molar-refractivity contribution < 1.29 is 4.42 Å². The average molecular weight is 329 g/mol. The van der Waals surface area contributed by atoms with Crippen LogP contribution in [0.2, 0.25) is 0 Å². The van der Waals surface area contributed by atoms with Crippen LogP contribution < -0.4 is 0 Å². The molecule has 0 unspecified atom stereocenters.